The second-order valence-corrected chi connectivity index (χ2v) is 3.87. The molecule has 3 N–H and O–H groups in total. The van der Waals surface area contributed by atoms with Gasteiger partial charge in [-0.3, -0.25) is 4.79 Å². The van der Waals surface area contributed by atoms with E-state index in [0.717, 1.165) is 5.56 Å². The van der Waals surface area contributed by atoms with Gasteiger partial charge in [-0.25, -0.2) is 0 Å². The number of hydrogen-bond acceptors (Lipinski definition) is 6. The molecule has 0 aliphatic heterocycles. The Labute approximate surface area is 109 Å². The van der Waals surface area contributed by atoms with Gasteiger partial charge in [0.15, 0.2) is 0 Å². The van der Waals surface area contributed by atoms with Crippen LogP contribution in [0.2, 0.25) is 0 Å². The molecule has 1 aromatic heterocycles. The Morgan fingerprint density at radius 3 is 2.79 bits per heavy atom. The van der Waals surface area contributed by atoms with Crippen LogP contribution in [-0.2, 0) is 9.53 Å². The van der Waals surface area contributed by atoms with E-state index in [2.05, 4.69) is 15.5 Å². The molecular weight excluding hydrogens is 248 g/mol. The Morgan fingerprint density at radius 2 is 2.21 bits per heavy atom. The van der Waals surface area contributed by atoms with Gasteiger partial charge in [-0.05, 0) is 24.3 Å². The van der Waals surface area contributed by atoms with E-state index in [1.54, 1.807) is 24.3 Å². The van der Waals surface area contributed by atoms with E-state index in [1.807, 2.05) is 0 Å². The molecule has 0 aliphatic rings. The predicted molar refractivity (Wildman–Crippen MR) is 68.2 cm³/mol. The van der Waals surface area contributed by atoms with Crippen molar-refractivity contribution in [2.75, 3.05) is 19.0 Å². The van der Waals surface area contributed by atoms with Crippen LogP contribution in [0.3, 0.4) is 0 Å². The van der Waals surface area contributed by atoms with Gasteiger partial charge in [0.25, 0.3) is 0 Å². The third-order valence-corrected chi connectivity index (χ3v) is 2.44. The summed E-state index contributed by atoms with van der Waals surface area (Å²) in [7, 11) is 1.49. The van der Waals surface area contributed by atoms with Crippen molar-refractivity contribution in [3.05, 3.63) is 30.7 Å². The first-order chi connectivity index (χ1) is 9.20. The summed E-state index contributed by atoms with van der Waals surface area (Å²) in [6.07, 6.45) is 1.26. The molecule has 1 heterocycles. The average molecular weight is 262 g/mol. The van der Waals surface area contributed by atoms with E-state index in [-0.39, 0.29) is 12.5 Å². The highest BCUT2D eigenvalue weighted by Crippen LogP contribution is 2.18. The molecule has 2 rings (SSSR count). The molecule has 0 radical (unpaired) electrons. The van der Waals surface area contributed by atoms with Crippen LogP contribution in [0, 0.1) is 0 Å². The van der Waals surface area contributed by atoms with Gasteiger partial charge in [-0.2, -0.15) is 0 Å². The first kappa shape index (κ1) is 13.2. The van der Waals surface area contributed by atoms with E-state index in [1.165, 1.54) is 13.5 Å². The molecule has 7 nitrogen and oxygen atoms in total. The van der Waals surface area contributed by atoms with Crippen LogP contribution < -0.4 is 11.1 Å². The largest absolute Gasteiger partial charge is 0.423 e. The first-order valence-corrected chi connectivity index (χ1v) is 5.62. The second kappa shape index (κ2) is 6.07. The van der Waals surface area contributed by atoms with E-state index < -0.39 is 6.04 Å². The number of carbonyl (C=O) groups excluding carboxylic acids is 1. The zero-order valence-electron chi connectivity index (χ0n) is 10.4. The third kappa shape index (κ3) is 3.36. The number of ether oxygens (including phenoxy) is 1. The number of nitrogens with one attached hydrogen (secondary N) is 1. The summed E-state index contributed by atoms with van der Waals surface area (Å²) in [5, 5.41) is 10.1. The first-order valence-electron chi connectivity index (χ1n) is 5.62. The molecule has 1 atom stereocenters. The fourth-order valence-electron chi connectivity index (χ4n) is 1.49. The Balaban J connectivity index is 2.01. The Morgan fingerprint density at radius 1 is 1.47 bits per heavy atom. The van der Waals surface area contributed by atoms with Gasteiger partial charge in [-0.15, -0.1) is 10.2 Å². The fraction of sp³-hybridized carbons (Fsp3) is 0.250. The maximum absolute atomic E-state index is 11.7. The maximum atomic E-state index is 11.7. The standard InChI is InChI=1S/C12H14N4O3/c1-18-6-10(13)11(17)15-9-4-2-8(3-5-9)12-16-14-7-19-12/h2-5,7,10H,6,13H2,1H3,(H,15,17). The summed E-state index contributed by atoms with van der Waals surface area (Å²) in [6, 6.07) is 6.31. The fourth-order valence-corrected chi connectivity index (χ4v) is 1.49. The van der Waals surface area contributed by atoms with Crippen molar-refractivity contribution in [3.63, 3.8) is 0 Å². The van der Waals surface area contributed by atoms with Gasteiger partial charge in [0, 0.05) is 18.4 Å². The Hall–Kier alpha value is -2.25. The van der Waals surface area contributed by atoms with E-state index in [0.29, 0.717) is 11.6 Å². The van der Waals surface area contributed by atoms with Crippen LogP contribution in [0.4, 0.5) is 5.69 Å². The zero-order chi connectivity index (χ0) is 13.7. The number of nitrogens with two attached hydrogens (primary N) is 1. The van der Waals surface area contributed by atoms with Crippen LogP contribution in [0.5, 0.6) is 0 Å². The van der Waals surface area contributed by atoms with Crippen molar-refractivity contribution < 1.29 is 13.9 Å². The van der Waals surface area contributed by atoms with E-state index in [4.69, 9.17) is 14.9 Å². The van der Waals surface area contributed by atoms with Gasteiger partial charge in [-0.1, -0.05) is 0 Å². The molecule has 0 aliphatic carbocycles. The molecule has 0 fully saturated rings. The summed E-state index contributed by atoms with van der Waals surface area (Å²) in [6.45, 7) is 0.173. The number of carbonyl (C=O) groups is 1. The summed E-state index contributed by atoms with van der Waals surface area (Å²) < 4.78 is 9.88. The molecular formula is C12H14N4O3. The predicted octanol–water partition coefficient (Wildman–Crippen LogP) is 0.649. The Bertz CT molecular complexity index is 524. The van der Waals surface area contributed by atoms with Crippen molar-refractivity contribution in [3.8, 4) is 11.5 Å². The molecule has 0 saturated heterocycles. The van der Waals surface area contributed by atoms with Gasteiger partial charge >= 0.3 is 0 Å². The molecule has 100 valence electrons. The molecule has 0 bridgehead atoms. The van der Waals surface area contributed by atoms with Crippen LogP contribution in [-0.4, -0.2) is 35.9 Å². The lowest BCUT2D eigenvalue weighted by atomic mass is 10.2. The maximum Gasteiger partial charge on any atom is 0.247 e. The van der Waals surface area contributed by atoms with Gasteiger partial charge in [0.05, 0.1) is 6.61 Å². The van der Waals surface area contributed by atoms with Crippen molar-refractivity contribution in [2.45, 2.75) is 6.04 Å². The second-order valence-electron chi connectivity index (χ2n) is 3.87. The minimum Gasteiger partial charge on any atom is -0.423 e. The van der Waals surface area contributed by atoms with Crippen molar-refractivity contribution >= 4 is 11.6 Å². The molecule has 19 heavy (non-hydrogen) atoms. The lowest BCUT2D eigenvalue weighted by molar-refractivity contribution is -0.118. The summed E-state index contributed by atoms with van der Waals surface area (Å²) >= 11 is 0. The summed E-state index contributed by atoms with van der Waals surface area (Å²) in [5.74, 6) is 0.126. The van der Waals surface area contributed by atoms with E-state index >= 15 is 0 Å². The summed E-state index contributed by atoms with van der Waals surface area (Å²) in [4.78, 5) is 11.7. The molecule has 1 aromatic carbocycles. The number of anilines is 1. The highest BCUT2D eigenvalue weighted by atomic mass is 16.5. The molecule has 7 heteroatoms. The average Bonchev–Trinajstić information content (AvgIpc) is 2.94. The van der Waals surface area contributed by atoms with Gasteiger partial charge < -0.3 is 20.2 Å². The van der Waals surface area contributed by atoms with Gasteiger partial charge in [0.1, 0.15) is 6.04 Å². The van der Waals surface area contributed by atoms with E-state index in [9.17, 15) is 4.79 Å². The number of methoxy groups -OCH3 is 1. The number of hydrogen-bond donors (Lipinski definition) is 2. The van der Waals surface area contributed by atoms with Gasteiger partial charge in [0.2, 0.25) is 18.2 Å². The van der Waals surface area contributed by atoms with Crippen LogP contribution >= 0.6 is 0 Å². The number of rotatable bonds is 5. The van der Waals surface area contributed by atoms with Crippen molar-refractivity contribution in [1.82, 2.24) is 10.2 Å². The smallest absolute Gasteiger partial charge is 0.247 e. The molecule has 1 unspecified atom stereocenters. The molecule has 1 amide bonds. The molecule has 0 spiro atoms. The summed E-state index contributed by atoms with van der Waals surface area (Å²) in [5.41, 5.74) is 7.03. The molecule has 0 saturated carbocycles. The van der Waals surface area contributed by atoms with Crippen LogP contribution in [0.15, 0.2) is 35.1 Å². The number of nitrogens with zero attached hydrogens (tertiary/aromatic N) is 2. The van der Waals surface area contributed by atoms with Crippen molar-refractivity contribution in [1.29, 1.82) is 0 Å². The number of aromatic nitrogens is 2. The monoisotopic (exact) mass is 262 g/mol. The topological polar surface area (TPSA) is 103 Å². The molecule has 2 aromatic rings. The highest BCUT2D eigenvalue weighted by Gasteiger charge is 2.13. The SMILES string of the molecule is COCC(N)C(=O)Nc1ccc(-c2nnco2)cc1. The normalized spacial score (nSPS) is 12.1. The number of amides is 1. The number of benzene rings is 1. The lowest BCUT2D eigenvalue weighted by Gasteiger charge is -2.11. The minimum absolute atomic E-state index is 0.173. The lowest BCUT2D eigenvalue weighted by Crippen LogP contribution is -2.39. The third-order valence-electron chi connectivity index (χ3n) is 2.44. The van der Waals surface area contributed by atoms with Crippen LogP contribution in [0.1, 0.15) is 0 Å². The quantitative estimate of drug-likeness (QED) is 0.820. The van der Waals surface area contributed by atoms with Crippen molar-refractivity contribution in [2.24, 2.45) is 5.73 Å². The highest BCUT2D eigenvalue weighted by molar-refractivity contribution is 5.94. The zero-order valence-corrected chi connectivity index (χ0v) is 10.4. The van der Waals surface area contributed by atoms with Crippen LogP contribution in [0.25, 0.3) is 11.5 Å². The minimum atomic E-state index is -0.694. The Kier molecular flexibility index (Phi) is 4.22.